The van der Waals surface area contributed by atoms with Crippen LogP contribution in [0.5, 0.6) is 0 Å². The summed E-state index contributed by atoms with van der Waals surface area (Å²) in [6, 6.07) is 6.44. The zero-order chi connectivity index (χ0) is 16.0. The van der Waals surface area contributed by atoms with Crippen LogP contribution in [-0.2, 0) is 19.2 Å². The average molecular weight is 316 g/mol. The first-order chi connectivity index (χ1) is 10.4. The number of hydrogen-bond acceptors (Lipinski definition) is 4. The lowest BCUT2D eigenvalue weighted by molar-refractivity contribution is -0.123. The summed E-state index contributed by atoms with van der Waals surface area (Å²) in [5.74, 6) is -1.72. The minimum absolute atomic E-state index is 0. The molecule has 2 aliphatic rings. The van der Waals surface area contributed by atoms with Gasteiger partial charge in [0.25, 0.3) is 0 Å². The van der Waals surface area contributed by atoms with Crippen LogP contribution >= 0.6 is 0 Å². The third kappa shape index (κ3) is 2.65. The predicted octanol–water partition coefficient (Wildman–Crippen LogP) is 2.12. The van der Waals surface area contributed by atoms with Crippen molar-refractivity contribution in [2.45, 2.75) is 34.1 Å². The molecule has 23 heavy (non-hydrogen) atoms. The number of nitrogens with zero attached hydrogens (tertiary/aromatic N) is 2. The van der Waals surface area contributed by atoms with Crippen LogP contribution in [0.3, 0.4) is 0 Å². The van der Waals surface area contributed by atoms with Crippen LogP contribution < -0.4 is 9.80 Å². The molecule has 0 aromatic heterocycles. The molecule has 2 heterocycles. The molecule has 2 aliphatic heterocycles. The maximum atomic E-state index is 12.1. The van der Waals surface area contributed by atoms with Gasteiger partial charge in [-0.15, -0.1) is 0 Å². The van der Waals surface area contributed by atoms with Gasteiger partial charge in [0.2, 0.25) is 23.6 Å². The number of hydrogen-bond donors (Lipinski definition) is 0. The highest BCUT2D eigenvalue weighted by atomic mass is 16.2. The summed E-state index contributed by atoms with van der Waals surface area (Å²) < 4.78 is 0. The van der Waals surface area contributed by atoms with E-state index in [1.165, 1.54) is 0 Å². The molecule has 2 fully saturated rings. The lowest BCUT2D eigenvalue weighted by Crippen LogP contribution is -2.32. The number of rotatable bonds is 2. The van der Waals surface area contributed by atoms with E-state index in [0.29, 0.717) is 11.4 Å². The lowest BCUT2D eigenvalue weighted by atomic mass is 10.1. The van der Waals surface area contributed by atoms with Crippen LogP contribution in [0.1, 0.15) is 34.1 Å². The Morgan fingerprint density at radius 2 is 1.22 bits per heavy atom. The van der Waals surface area contributed by atoms with E-state index in [2.05, 4.69) is 0 Å². The Kier molecular flexibility index (Phi) is 4.36. The van der Waals surface area contributed by atoms with Crippen molar-refractivity contribution in [2.75, 3.05) is 9.80 Å². The molecule has 0 saturated carbocycles. The van der Waals surface area contributed by atoms with Crippen molar-refractivity contribution < 1.29 is 19.2 Å². The predicted molar refractivity (Wildman–Crippen MR) is 85.7 cm³/mol. The summed E-state index contributed by atoms with van der Waals surface area (Å²) in [6.07, 6.45) is 0.364. The molecule has 0 bridgehead atoms. The fraction of sp³-hybridized carbons (Fsp3) is 0.412. The topological polar surface area (TPSA) is 74.8 Å². The van der Waals surface area contributed by atoms with Crippen LogP contribution in [-0.4, -0.2) is 23.6 Å². The highest BCUT2D eigenvalue weighted by Crippen LogP contribution is 2.32. The van der Waals surface area contributed by atoms with E-state index in [1.54, 1.807) is 38.1 Å². The number of benzene rings is 1. The minimum atomic E-state index is -0.341. The molecular formula is C17H20N2O4. The number of imide groups is 2. The van der Waals surface area contributed by atoms with Crippen molar-refractivity contribution in [3.63, 3.8) is 0 Å². The number of anilines is 2. The first-order valence-electron chi connectivity index (χ1n) is 7.24. The molecule has 0 N–H and O–H groups in total. The van der Waals surface area contributed by atoms with Crippen LogP contribution in [0.15, 0.2) is 24.3 Å². The van der Waals surface area contributed by atoms with Gasteiger partial charge in [0.15, 0.2) is 0 Å². The van der Waals surface area contributed by atoms with Gasteiger partial charge >= 0.3 is 0 Å². The third-order valence-electron chi connectivity index (χ3n) is 4.09. The van der Waals surface area contributed by atoms with E-state index in [0.717, 1.165) is 9.80 Å². The first-order valence-corrected chi connectivity index (χ1v) is 7.24. The molecule has 2 saturated heterocycles. The Morgan fingerprint density at radius 1 is 0.826 bits per heavy atom. The molecular weight excluding hydrogens is 296 g/mol. The molecule has 6 nitrogen and oxygen atoms in total. The second-order valence-electron chi connectivity index (χ2n) is 5.86. The fourth-order valence-electron chi connectivity index (χ4n) is 2.88. The van der Waals surface area contributed by atoms with E-state index >= 15 is 0 Å². The number of carbonyl (C=O) groups is 4. The molecule has 4 amide bonds. The largest absolute Gasteiger partial charge is 0.274 e. The molecule has 0 spiro atoms. The average Bonchev–Trinajstić information content (AvgIpc) is 2.86. The number of carbonyl (C=O) groups excluding carboxylic acids is 4. The first kappa shape index (κ1) is 16.9. The smallest absolute Gasteiger partial charge is 0.237 e. The molecule has 6 heteroatoms. The zero-order valence-electron chi connectivity index (χ0n) is 12.4. The SMILES string of the molecule is C.CC1CC(=O)N(c2cccc(N3C(=O)CC(C)C3=O)c2)C1=O. The maximum Gasteiger partial charge on any atom is 0.237 e. The van der Waals surface area contributed by atoms with Gasteiger partial charge in [-0.25, -0.2) is 0 Å². The minimum Gasteiger partial charge on any atom is -0.274 e. The van der Waals surface area contributed by atoms with Gasteiger partial charge in [-0.1, -0.05) is 27.3 Å². The van der Waals surface area contributed by atoms with Crippen molar-refractivity contribution in [3.05, 3.63) is 24.3 Å². The summed E-state index contributed by atoms with van der Waals surface area (Å²) in [5, 5.41) is 0. The Balaban J connectivity index is 0.00000192. The van der Waals surface area contributed by atoms with E-state index in [1.807, 2.05) is 0 Å². The van der Waals surface area contributed by atoms with Crippen molar-refractivity contribution in [2.24, 2.45) is 11.8 Å². The Bertz CT molecular complexity index is 642. The Labute approximate surface area is 135 Å². The van der Waals surface area contributed by atoms with Gasteiger partial charge in [0, 0.05) is 24.7 Å². The van der Waals surface area contributed by atoms with Crippen molar-refractivity contribution in [3.8, 4) is 0 Å². The van der Waals surface area contributed by atoms with Crippen LogP contribution in [0.25, 0.3) is 0 Å². The van der Waals surface area contributed by atoms with Crippen LogP contribution in [0.4, 0.5) is 11.4 Å². The molecule has 2 atom stereocenters. The summed E-state index contributed by atoms with van der Waals surface area (Å²) in [4.78, 5) is 50.4. The molecule has 0 aliphatic carbocycles. The number of amides is 4. The van der Waals surface area contributed by atoms with Gasteiger partial charge in [0.05, 0.1) is 11.4 Å². The molecule has 1 aromatic rings. The normalized spacial score (nSPS) is 24.4. The highest BCUT2D eigenvalue weighted by molar-refractivity contribution is 6.23. The summed E-state index contributed by atoms with van der Waals surface area (Å²) >= 11 is 0. The molecule has 2 unspecified atom stereocenters. The van der Waals surface area contributed by atoms with Crippen LogP contribution in [0.2, 0.25) is 0 Å². The van der Waals surface area contributed by atoms with Gasteiger partial charge in [-0.05, 0) is 18.2 Å². The monoisotopic (exact) mass is 316 g/mol. The molecule has 1 aromatic carbocycles. The van der Waals surface area contributed by atoms with Gasteiger partial charge in [-0.3, -0.25) is 29.0 Å². The molecule has 0 radical (unpaired) electrons. The van der Waals surface area contributed by atoms with E-state index in [9.17, 15) is 19.2 Å². The summed E-state index contributed by atoms with van der Waals surface area (Å²) in [7, 11) is 0. The van der Waals surface area contributed by atoms with E-state index in [4.69, 9.17) is 0 Å². The van der Waals surface area contributed by atoms with Gasteiger partial charge < -0.3 is 0 Å². The fourth-order valence-corrected chi connectivity index (χ4v) is 2.88. The van der Waals surface area contributed by atoms with E-state index < -0.39 is 0 Å². The zero-order valence-corrected chi connectivity index (χ0v) is 12.4. The summed E-state index contributed by atoms with van der Waals surface area (Å²) in [6.45, 7) is 3.42. The highest BCUT2D eigenvalue weighted by Gasteiger charge is 2.39. The van der Waals surface area contributed by atoms with E-state index in [-0.39, 0.29) is 55.7 Å². The van der Waals surface area contributed by atoms with Crippen molar-refractivity contribution in [1.29, 1.82) is 0 Å². The molecule has 122 valence electrons. The molecule has 3 rings (SSSR count). The van der Waals surface area contributed by atoms with Crippen molar-refractivity contribution >= 4 is 35.0 Å². The summed E-state index contributed by atoms with van der Waals surface area (Å²) in [5.41, 5.74) is 0.800. The van der Waals surface area contributed by atoms with Crippen LogP contribution in [0, 0.1) is 11.8 Å². The van der Waals surface area contributed by atoms with Gasteiger partial charge in [-0.2, -0.15) is 0 Å². The van der Waals surface area contributed by atoms with Crippen molar-refractivity contribution in [1.82, 2.24) is 0 Å². The Hall–Kier alpha value is -2.50. The Morgan fingerprint density at radius 3 is 1.52 bits per heavy atom. The third-order valence-corrected chi connectivity index (χ3v) is 4.09. The maximum absolute atomic E-state index is 12.1. The quantitative estimate of drug-likeness (QED) is 0.783. The second kappa shape index (κ2) is 5.95. The second-order valence-corrected chi connectivity index (χ2v) is 5.86. The van der Waals surface area contributed by atoms with Gasteiger partial charge in [0.1, 0.15) is 0 Å². The standard InChI is InChI=1S/C16H16N2O4.CH4/c1-9-6-13(19)17(15(9)21)11-4-3-5-12(8-11)18-14(20)7-10(2)16(18)22;/h3-5,8-10H,6-7H2,1-2H3;1H4. The lowest BCUT2D eigenvalue weighted by Gasteiger charge is -2.19.